The van der Waals surface area contributed by atoms with E-state index in [1.807, 2.05) is 25.1 Å². The van der Waals surface area contributed by atoms with Crippen LogP contribution in [0.4, 0.5) is 10.5 Å². The van der Waals surface area contributed by atoms with E-state index in [0.29, 0.717) is 6.42 Å². The van der Waals surface area contributed by atoms with Crippen molar-refractivity contribution < 1.29 is 9.90 Å². The van der Waals surface area contributed by atoms with Gasteiger partial charge in [0, 0.05) is 18.3 Å². The summed E-state index contributed by atoms with van der Waals surface area (Å²) < 4.78 is 0. The highest BCUT2D eigenvalue weighted by molar-refractivity contribution is 5.89. The van der Waals surface area contributed by atoms with Gasteiger partial charge in [0.15, 0.2) is 0 Å². The number of rotatable bonds is 5. The van der Waals surface area contributed by atoms with Gasteiger partial charge in [0.25, 0.3) is 0 Å². The smallest absolute Gasteiger partial charge is 0.319 e. The van der Waals surface area contributed by atoms with Crippen molar-refractivity contribution in [3.8, 4) is 0 Å². The summed E-state index contributed by atoms with van der Waals surface area (Å²) in [5.41, 5.74) is 3.26. The fourth-order valence-electron chi connectivity index (χ4n) is 1.79. The van der Waals surface area contributed by atoms with Gasteiger partial charge in [-0.2, -0.15) is 0 Å². The van der Waals surface area contributed by atoms with Gasteiger partial charge in [-0.05, 0) is 49.9 Å². The van der Waals surface area contributed by atoms with Crippen LogP contribution in [-0.4, -0.2) is 23.8 Å². The van der Waals surface area contributed by atoms with E-state index in [1.165, 1.54) is 11.1 Å². The number of amides is 2. The molecule has 1 atom stereocenters. The third-order valence-corrected chi connectivity index (χ3v) is 2.93. The van der Waals surface area contributed by atoms with E-state index < -0.39 is 0 Å². The average Bonchev–Trinajstić information content (AvgIpc) is 2.31. The fraction of sp³-hybridized carbons (Fsp3) is 0.500. The lowest BCUT2D eigenvalue weighted by Gasteiger charge is -2.14. The Hall–Kier alpha value is -1.55. The largest absolute Gasteiger partial charge is 0.396 e. The van der Waals surface area contributed by atoms with Crippen molar-refractivity contribution >= 4 is 11.7 Å². The van der Waals surface area contributed by atoms with E-state index in [-0.39, 0.29) is 18.7 Å². The third kappa shape index (κ3) is 4.37. The summed E-state index contributed by atoms with van der Waals surface area (Å²) >= 11 is 0. The van der Waals surface area contributed by atoms with E-state index in [4.69, 9.17) is 5.11 Å². The maximum atomic E-state index is 11.7. The number of anilines is 1. The molecule has 100 valence electrons. The molecule has 0 aromatic heterocycles. The molecule has 0 saturated carbocycles. The van der Waals surface area contributed by atoms with Crippen LogP contribution < -0.4 is 10.6 Å². The van der Waals surface area contributed by atoms with Crippen LogP contribution in [0.1, 0.15) is 31.4 Å². The number of hydrogen-bond donors (Lipinski definition) is 3. The summed E-state index contributed by atoms with van der Waals surface area (Å²) in [6.07, 6.45) is 1.51. The summed E-state index contributed by atoms with van der Waals surface area (Å²) in [6.45, 7) is 6.09. The van der Waals surface area contributed by atoms with Gasteiger partial charge in [-0.15, -0.1) is 0 Å². The zero-order chi connectivity index (χ0) is 13.5. The summed E-state index contributed by atoms with van der Waals surface area (Å²) in [5, 5.41) is 14.3. The second-order valence-electron chi connectivity index (χ2n) is 4.51. The molecule has 1 aromatic carbocycles. The quantitative estimate of drug-likeness (QED) is 0.751. The normalized spacial score (nSPS) is 12.0. The molecule has 4 nitrogen and oxygen atoms in total. The zero-order valence-electron chi connectivity index (χ0n) is 11.3. The first-order valence-corrected chi connectivity index (χ1v) is 6.34. The monoisotopic (exact) mass is 250 g/mol. The number of benzene rings is 1. The van der Waals surface area contributed by atoms with Gasteiger partial charge in [-0.25, -0.2) is 4.79 Å². The lowest BCUT2D eigenvalue weighted by Crippen LogP contribution is -2.36. The van der Waals surface area contributed by atoms with E-state index >= 15 is 0 Å². The number of hydrogen-bond acceptors (Lipinski definition) is 2. The predicted octanol–water partition coefficient (Wildman–Crippen LogP) is 2.45. The summed E-state index contributed by atoms with van der Waals surface area (Å²) in [7, 11) is 0. The van der Waals surface area contributed by atoms with Crippen molar-refractivity contribution in [1.29, 1.82) is 0 Å². The van der Waals surface area contributed by atoms with Crippen molar-refractivity contribution in [3.63, 3.8) is 0 Å². The number of aryl methyl sites for hydroxylation is 2. The molecule has 0 bridgehead atoms. The van der Waals surface area contributed by atoms with Crippen LogP contribution in [0.2, 0.25) is 0 Å². The van der Waals surface area contributed by atoms with Gasteiger partial charge < -0.3 is 15.7 Å². The molecule has 0 aliphatic carbocycles. The average molecular weight is 250 g/mol. The van der Waals surface area contributed by atoms with Crippen molar-refractivity contribution in [2.75, 3.05) is 11.9 Å². The first-order valence-electron chi connectivity index (χ1n) is 6.34. The molecule has 0 fully saturated rings. The molecular formula is C14H22N2O2. The summed E-state index contributed by atoms with van der Waals surface area (Å²) in [5.74, 6) is 0. The molecule has 2 amide bonds. The zero-order valence-corrected chi connectivity index (χ0v) is 11.3. The van der Waals surface area contributed by atoms with Crippen LogP contribution in [0.25, 0.3) is 0 Å². The minimum Gasteiger partial charge on any atom is -0.396 e. The lowest BCUT2D eigenvalue weighted by molar-refractivity contribution is 0.241. The van der Waals surface area contributed by atoms with Gasteiger partial charge in [0.2, 0.25) is 0 Å². The molecule has 0 aliphatic heterocycles. The number of urea groups is 1. The molecule has 1 rings (SSSR count). The minimum atomic E-state index is -0.234. The van der Waals surface area contributed by atoms with Crippen LogP contribution >= 0.6 is 0 Å². The molecule has 0 radical (unpaired) electrons. The highest BCUT2D eigenvalue weighted by Crippen LogP contribution is 2.15. The van der Waals surface area contributed by atoms with Gasteiger partial charge in [0.05, 0.1) is 0 Å². The molecule has 0 heterocycles. The van der Waals surface area contributed by atoms with Crippen molar-refractivity contribution in [2.45, 2.75) is 39.7 Å². The standard InChI is InChI=1S/C14H22N2O2/c1-4-12-9-13(6-5-10(12)2)16-14(18)15-11(3)7-8-17/h5-6,9,11,17H,4,7-8H2,1-3H3,(H2,15,16,18). The first kappa shape index (κ1) is 14.5. The van der Waals surface area contributed by atoms with Crippen LogP contribution in [0, 0.1) is 6.92 Å². The highest BCUT2D eigenvalue weighted by atomic mass is 16.3. The Morgan fingerprint density at radius 2 is 2.17 bits per heavy atom. The van der Waals surface area contributed by atoms with Crippen LogP contribution in [0.3, 0.4) is 0 Å². The minimum absolute atomic E-state index is 0.0360. The van der Waals surface area contributed by atoms with E-state index in [0.717, 1.165) is 12.1 Å². The molecule has 1 unspecified atom stereocenters. The predicted molar refractivity (Wildman–Crippen MR) is 73.9 cm³/mol. The van der Waals surface area contributed by atoms with Crippen LogP contribution in [0.15, 0.2) is 18.2 Å². The number of aliphatic hydroxyl groups excluding tert-OH is 1. The molecular weight excluding hydrogens is 228 g/mol. The number of carbonyl (C=O) groups is 1. The van der Waals surface area contributed by atoms with Crippen LogP contribution in [-0.2, 0) is 6.42 Å². The van der Waals surface area contributed by atoms with Crippen molar-refractivity contribution in [3.05, 3.63) is 29.3 Å². The van der Waals surface area contributed by atoms with Gasteiger partial charge in [-0.3, -0.25) is 0 Å². The molecule has 1 aromatic rings. The Kier molecular flexibility index (Phi) is 5.65. The Balaban J connectivity index is 2.59. The molecule has 18 heavy (non-hydrogen) atoms. The molecule has 3 N–H and O–H groups in total. The fourth-order valence-corrected chi connectivity index (χ4v) is 1.79. The van der Waals surface area contributed by atoms with Crippen molar-refractivity contribution in [1.82, 2.24) is 5.32 Å². The summed E-state index contributed by atoms with van der Waals surface area (Å²) in [6, 6.07) is 5.62. The van der Waals surface area contributed by atoms with Crippen LogP contribution in [0.5, 0.6) is 0 Å². The highest BCUT2D eigenvalue weighted by Gasteiger charge is 2.07. The van der Waals surface area contributed by atoms with Crippen molar-refractivity contribution in [2.24, 2.45) is 0 Å². The van der Waals surface area contributed by atoms with E-state index in [2.05, 4.69) is 24.5 Å². The Bertz CT molecular complexity index is 405. The lowest BCUT2D eigenvalue weighted by atomic mass is 10.1. The van der Waals surface area contributed by atoms with E-state index in [1.54, 1.807) is 0 Å². The maximum Gasteiger partial charge on any atom is 0.319 e. The molecule has 0 saturated heterocycles. The molecule has 0 aliphatic rings. The van der Waals surface area contributed by atoms with Gasteiger partial charge >= 0.3 is 6.03 Å². The molecule has 0 spiro atoms. The first-order chi connectivity index (χ1) is 8.56. The Morgan fingerprint density at radius 1 is 1.44 bits per heavy atom. The van der Waals surface area contributed by atoms with Gasteiger partial charge in [-0.1, -0.05) is 13.0 Å². The number of carbonyl (C=O) groups excluding carboxylic acids is 1. The SMILES string of the molecule is CCc1cc(NC(=O)NC(C)CCO)ccc1C. The summed E-state index contributed by atoms with van der Waals surface area (Å²) in [4.78, 5) is 11.7. The third-order valence-electron chi connectivity index (χ3n) is 2.93. The molecule has 4 heteroatoms. The Labute approximate surface area is 108 Å². The topological polar surface area (TPSA) is 61.4 Å². The number of nitrogens with one attached hydrogen (secondary N) is 2. The second-order valence-corrected chi connectivity index (χ2v) is 4.51. The number of aliphatic hydroxyl groups is 1. The van der Waals surface area contributed by atoms with E-state index in [9.17, 15) is 4.79 Å². The Morgan fingerprint density at radius 3 is 2.78 bits per heavy atom. The second kappa shape index (κ2) is 7.01. The maximum absolute atomic E-state index is 11.7. The van der Waals surface area contributed by atoms with Gasteiger partial charge in [0.1, 0.15) is 0 Å².